The van der Waals surface area contributed by atoms with Crippen molar-refractivity contribution in [2.45, 2.75) is 32.0 Å². The van der Waals surface area contributed by atoms with Crippen molar-refractivity contribution >= 4 is 64.3 Å². The van der Waals surface area contributed by atoms with E-state index < -0.39 is 24.0 Å². The topological polar surface area (TPSA) is 95.9 Å². The van der Waals surface area contributed by atoms with Crippen molar-refractivity contribution in [3.05, 3.63) is 62.6 Å². The lowest BCUT2D eigenvalue weighted by Crippen LogP contribution is -2.52. The van der Waals surface area contributed by atoms with Crippen molar-refractivity contribution in [1.82, 2.24) is 10.2 Å². The van der Waals surface area contributed by atoms with Gasteiger partial charge in [0, 0.05) is 29.7 Å². The van der Waals surface area contributed by atoms with Gasteiger partial charge in [-0.05, 0) is 29.8 Å². The second kappa shape index (κ2) is 11.3. The molecule has 2 aromatic rings. The Bertz CT molecular complexity index is 1030. The van der Waals surface area contributed by atoms with Crippen molar-refractivity contribution in [3.63, 3.8) is 0 Å². The first-order valence-electron chi connectivity index (χ1n) is 9.89. The number of halogens is 3. The number of hydrogen-bond donors (Lipinski definition) is 2. The molecule has 33 heavy (non-hydrogen) atoms. The number of thioether (sulfide) groups is 1. The molecule has 1 aliphatic heterocycles. The average molecular weight is 532 g/mol. The van der Waals surface area contributed by atoms with Gasteiger partial charge in [-0.25, -0.2) is 4.79 Å². The predicted octanol–water partition coefficient (Wildman–Crippen LogP) is 4.26. The van der Waals surface area contributed by atoms with Gasteiger partial charge in [-0.1, -0.05) is 46.9 Å². The maximum absolute atomic E-state index is 12.6. The number of carboxylic acids is 1. The van der Waals surface area contributed by atoms with E-state index in [0.29, 0.717) is 43.6 Å². The van der Waals surface area contributed by atoms with Crippen LogP contribution in [0.1, 0.15) is 18.1 Å². The summed E-state index contributed by atoms with van der Waals surface area (Å²) in [5.41, 5.74) is 1.30. The van der Waals surface area contributed by atoms with Crippen LogP contribution in [0.2, 0.25) is 15.1 Å². The van der Waals surface area contributed by atoms with Gasteiger partial charge in [0.15, 0.2) is 0 Å². The summed E-state index contributed by atoms with van der Waals surface area (Å²) in [4.78, 5) is 37.4. The van der Waals surface area contributed by atoms with Crippen LogP contribution >= 0.6 is 46.6 Å². The molecule has 1 saturated heterocycles. The first kappa shape index (κ1) is 25.5. The molecule has 0 radical (unpaired) electrons. The molecule has 2 amide bonds. The fourth-order valence-corrected chi connectivity index (χ4v) is 5.41. The molecule has 0 saturated carbocycles. The number of carbonyl (C=O) groups excluding carboxylic acids is 2. The molecule has 7 nitrogen and oxygen atoms in total. The molecule has 0 aromatic heterocycles. The fourth-order valence-electron chi connectivity index (χ4n) is 3.26. The standard InChI is InChI=1S/C22H21Cl3N2O5S/c1-12(28)27-11-33-10-20(27)21(29)26-19(22(30)31)6-13-2-4-15(5-3-13)32-9-16-17(24)7-14(23)8-18(16)25/h2-5,7-8,19-20H,6,9-11H2,1H3,(H,26,29)(H,30,31)/t19-,20+/m0/s1. The van der Waals surface area contributed by atoms with Crippen LogP contribution < -0.4 is 10.1 Å². The van der Waals surface area contributed by atoms with Crippen LogP contribution in [0.25, 0.3) is 0 Å². The number of hydrogen-bond acceptors (Lipinski definition) is 5. The summed E-state index contributed by atoms with van der Waals surface area (Å²) in [5.74, 6) is -0.458. The van der Waals surface area contributed by atoms with Crippen LogP contribution in [0.15, 0.2) is 36.4 Å². The molecule has 0 unspecified atom stereocenters. The molecule has 0 spiro atoms. The normalized spacial score (nSPS) is 16.4. The van der Waals surface area contributed by atoms with Gasteiger partial charge >= 0.3 is 5.97 Å². The quantitative estimate of drug-likeness (QED) is 0.528. The molecule has 11 heteroatoms. The van der Waals surface area contributed by atoms with E-state index in [1.165, 1.54) is 23.6 Å². The van der Waals surface area contributed by atoms with Gasteiger partial charge in [-0.2, -0.15) is 0 Å². The van der Waals surface area contributed by atoms with Gasteiger partial charge in [-0.15, -0.1) is 11.8 Å². The minimum atomic E-state index is -1.16. The van der Waals surface area contributed by atoms with Crippen molar-refractivity contribution in [2.24, 2.45) is 0 Å². The molecule has 2 aromatic carbocycles. The van der Waals surface area contributed by atoms with Crippen LogP contribution in [0, 0.1) is 0 Å². The largest absolute Gasteiger partial charge is 0.489 e. The molecule has 1 heterocycles. The number of carbonyl (C=O) groups is 3. The summed E-state index contributed by atoms with van der Waals surface area (Å²) in [7, 11) is 0. The lowest BCUT2D eigenvalue weighted by Gasteiger charge is -2.23. The molecule has 1 fully saturated rings. The van der Waals surface area contributed by atoms with Gasteiger partial charge in [-0.3, -0.25) is 9.59 Å². The first-order valence-corrected chi connectivity index (χ1v) is 12.2. The number of carboxylic acid groups (broad SMARTS) is 1. The van der Waals surface area contributed by atoms with E-state index in [2.05, 4.69) is 5.32 Å². The predicted molar refractivity (Wildman–Crippen MR) is 129 cm³/mol. The third kappa shape index (κ3) is 6.69. The number of benzene rings is 2. The van der Waals surface area contributed by atoms with Gasteiger partial charge in [0.2, 0.25) is 11.8 Å². The Morgan fingerprint density at radius 3 is 2.39 bits per heavy atom. The number of ether oxygens (including phenoxy) is 1. The zero-order valence-corrected chi connectivity index (χ0v) is 20.6. The van der Waals surface area contributed by atoms with Crippen molar-refractivity contribution in [1.29, 1.82) is 0 Å². The van der Waals surface area contributed by atoms with E-state index in [0.717, 1.165) is 0 Å². The zero-order chi connectivity index (χ0) is 24.1. The van der Waals surface area contributed by atoms with Gasteiger partial charge < -0.3 is 20.1 Å². The summed E-state index contributed by atoms with van der Waals surface area (Å²) >= 11 is 19.7. The van der Waals surface area contributed by atoms with E-state index >= 15 is 0 Å². The van der Waals surface area contributed by atoms with Crippen molar-refractivity contribution in [3.8, 4) is 5.75 Å². The maximum Gasteiger partial charge on any atom is 0.326 e. The summed E-state index contributed by atoms with van der Waals surface area (Å²) in [6.07, 6.45) is 0.0795. The Balaban J connectivity index is 1.60. The smallest absolute Gasteiger partial charge is 0.326 e. The first-order chi connectivity index (χ1) is 15.7. The van der Waals surface area contributed by atoms with Crippen LogP contribution in [0.3, 0.4) is 0 Å². The zero-order valence-electron chi connectivity index (χ0n) is 17.5. The molecular formula is C22H21Cl3N2O5S. The Labute approximate surface area is 210 Å². The Hall–Kier alpha value is -2.13. The van der Waals surface area contributed by atoms with Gasteiger partial charge in [0.1, 0.15) is 24.4 Å². The lowest BCUT2D eigenvalue weighted by atomic mass is 10.1. The lowest BCUT2D eigenvalue weighted by molar-refractivity contribution is -0.143. The number of amides is 2. The molecule has 176 valence electrons. The van der Waals surface area contributed by atoms with E-state index in [-0.39, 0.29) is 18.9 Å². The van der Waals surface area contributed by atoms with E-state index in [1.54, 1.807) is 36.4 Å². The van der Waals surface area contributed by atoms with E-state index in [9.17, 15) is 19.5 Å². The minimum absolute atomic E-state index is 0.0795. The second-order valence-corrected chi connectivity index (χ2v) is 9.64. The third-order valence-corrected chi connectivity index (χ3v) is 6.96. The average Bonchev–Trinajstić information content (AvgIpc) is 3.24. The fraction of sp³-hybridized carbons (Fsp3) is 0.318. The molecule has 1 aliphatic rings. The molecule has 0 aliphatic carbocycles. The third-order valence-electron chi connectivity index (χ3n) is 5.06. The summed E-state index contributed by atoms with van der Waals surface area (Å²) in [6.45, 7) is 1.52. The number of nitrogens with zero attached hydrogens (tertiary/aromatic N) is 1. The highest BCUT2D eigenvalue weighted by Crippen LogP contribution is 2.30. The van der Waals surface area contributed by atoms with Crippen LogP contribution in [0.5, 0.6) is 5.75 Å². The molecule has 2 atom stereocenters. The highest BCUT2D eigenvalue weighted by atomic mass is 35.5. The van der Waals surface area contributed by atoms with E-state index in [4.69, 9.17) is 39.5 Å². The second-order valence-electron chi connectivity index (χ2n) is 7.39. The van der Waals surface area contributed by atoms with Crippen LogP contribution in [0.4, 0.5) is 0 Å². The number of rotatable bonds is 8. The molecule has 3 rings (SSSR count). The van der Waals surface area contributed by atoms with Crippen LogP contribution in [-0.4, -0.2) is 51.5 Å². The highest BCUT2D eigenvalue weighted by molar-refractivity contribution is 7.99. The molecular weight excluding hydrogens is 511 g/mol. The maximum atomic E-state index is 12.6. The Morgan fingerprint density at radius 2 is 1.82 bits per heavy atom. The monoisotopic (exact) mass is 530 g/mol. The summed E-state index contributed by atoms with van der Waals surface area (Å²) < 4.78 is 5.73. The SMILES string of the molecule is CC(=O)N1CSC[C@@H]1C(=O)N[C@@H](Cc1ccc(OCc2c(Cl)cc(Cl)cc2Cl)cc1)C(=O)O. The molecule has 0 bridgehead atoms. The Morgan fingerprint density at radius 1 is 1.18 bits per heavy atom. The van der Waals surface area contributed by atoms with Crippen molar-refractivity contribution < 1.29 is 24.2 Å². The highest BCUT2D eigenvalue weighted by Gasteiger charge is 2.35. The number of nitrogens with one attached hydrogen (secondary N) is 1. The summed E-state index contributed by atoms with van der Waals surface area (Å²) in [6, 6.07) is 8.18. The van der Waals surface area contributed by atoms with Crippen molar-refractivity contribution in [2.75, 3.05) is 11.6 Å². The van der Waals surface area contributed by atoms with Gasteiger partial charge in [0.05, 0.1) is 15.9 Å². The molecule has 2 N–H and O–H groups in total. The summed E-state index contributed by atoms with van der Waals surface area (Å²) in [5, 5.41) is 13.4. The minimum Gasteiger partial charge on any atom is -0.489 e. The Kier molecular flexibility index (Phi) is 8.75. The van der Waals surface area contributed by atoms with Gasteiger partial charge in [0.25, 0.3) is 0 Å². The number of aliphatic carboxylic acids is 1. The van der Waals surface area contributed by atoms with Crippen LogP contribution in [-0.2, 0) is 27.4 Å². The van der Waals surface area contributed by atoms with E-state index in [1.807, 2.05) is 0 Å².